The van der Waals surface area contributed by atoms with E-state index in [2.05, 4.69) is 10.3 Å². The Kier molecular flexibility index (Phi) is 3.31. The molecule has 6 heteroatoms. The van der Waals surface area contributed by atoms with E-state index in [1.807, 2.05) is 16.8 Å². The Morgan fingerprint density at radius 2 is 1.96 bits per heavy atom. The number of nitrogens with one attached hydrogen (secondary N) is 1. The maximum Gasteiger partial charge on any atom is 0.123 e. The minimum Gasteiger partial charge on any atom is -0.384 e. The van der Waals surface area contributed by atoms with Gasteiger partial charge in [-0.2, -0.15) is 5.10 Å². The molecular weight excluding hydrogens is 293 g/mol. The Morgan fingerprint density at radius 3 is 2.74 bits per heavy atom. The molecule has 1 aliphatic rings. The van der Waals surface area contributed by atoms with E-state index < -0.39 is 0 Å². The molecule has 116 valence electrons. The fraction of sp³-hybridized carbons (Fsp3) is 0.176. The van der Waals surface area contributed by atoms with E-state index >= 15 is 0 Å². The summed E-state index contributed by atoms with van der Waals surface area (Å²) in [7, 11) is 0. The molecule has 0 unspecified atom stereocenters. The Morgan fingerprint density at radius 1 is 1.13 bits per heavy atom. The van der Waals surface area contributed by atoms with Crippen LogP contribution >= 0.6 is 0 Å². The molecule has 23 heavy (non-hydrogen) atoms. The van der Waals surface area contributed by atoms with Crippen LogP contribution in [-0.2, 0) is 13.1 Å². The van der Waals surface area contributed by atoms with Crippen LogP contribution in [0.15, 0.2) is 42.6 Å². The lowest BCUT2D eigenvalue weighted by Crippen LogP contribution is -2.28. The lowest BCUT2D eigenvalue weighted by atomic mass is 9.99. The number of anilines is 1. The molecule has 0 aliphatic carbocycles. The number of pyridine rings is 1. The molecular formula is C17H16FN5. The van der Waals surface area contributed by atoms with Crippen LogP contribution in [-0.4, -0.2) is 21.3 Å². The van der Waals surface area contributed by atoms with Crippen molar-refractivity contribution in [3.05, 3.63) is 54.1 Å². The fourth-order valence-corrected chi connectivity index (χ4v) is 2.97. The molecule has 0 amide bonds. The first-order chi connectivity index (χ1) is 11.2. The summed E-state index contributed by atoms with van der Waals surface area (Å²) in [5, 5.41) is 8.12. The Hall–Kier alpha value is -2.73. The number of hydrogen-bond acceptors (Lipinski definition) is 4. The summed E-state index contributed by atoms with van der Waals surface area (Å²) in [6, 6.07) is 10.2. The molecule has 3 aromatic rings. The second-order valence-corrected chi connectivity index (χ2v) is 5.55. The Labute approximate surface area is 133 Å². The average molecular weight is 309 g/mol. The van der Waals surface area contributed by atoms with Crippen molar-refractivity contribution in [1.29, 1.82) is 0 Å². The van der Waals surface area contributed by atoms with Gasteiger partial charge in [0.1, 0.15) is 17.3 Å². The van der Waals surface area contributed by atoms with Gasteiger partial charge in [0.05, 0.1) is 12.2 Å². The quantitative estimate of drug-likeness (QED) is 0.763. The molecule has 1 aromatic carbocycles. The maximum absolute atomic E-state index is 13.2. The Balaban J connectivity index is 1.95. The molecule has 1 aliphatic heterocycles. The van der Waals surface area contributed by atoms with Crippen LogP contribution in [0, 0.1) is 5.82 Å². The van der Waals surface area contributed by atoms with Gasteiger partial charge in [-0.1, -0.05) is 0 Å². The third-order valence-corrected chi connectivity index (χ3v) is 4.04. The first-order valence-electron chi connectivity index (χ1n) is 7.50. The molecule has 0 bridgehead atoms. The molecule has 2 aromatic heterocycles. The van der Waals surface area contributed by atoms with Gasteiger partial charge in [0.25, 0.3) is 0 Å². The molecule has 0 atom stereocenters. The lowest BCUT2D eigenvalue weighted by molar-refractivity contribution is 0.477. The highest BCUT2D eigenvalue weighted by Gasteiger charge is 2.22. The van der Waals surface area contributed by atoms with Gasteiger partial charge in [0, 0.05) is 30.4 Å². The number of hydrogen-bond donors (Lipinski definition) is 2. The maximum atomic E-state index is 13.2. The summed E-state index contributed by atoms with van der Waals surface area (Å²) in [4.78, 5) is 4.06. The van der Waals surface area contributed by atoms with Crippen molar-refractivity contribution in [2.45, 2.75) is 13.1 Å². The summed E-state index contributed by atoms with van der Waals surface area (Å²) in [5.74, 6) is 0.213. The number of nitrogen functional groups attached to an aromatic ring is 1. The van der Waals surface area contributed by atoms with Crippen LogP contribution < -0.4 is 11.1 Å². The van der Waals surface area contributed by atoms with Gasteiger partial charge in [0.15, 0.2) is 0 Å². The minimum atomic E-state index is -0.255. The van der Waals surface area contributed by atoms with Gasteiger partial charge >= 0.3 is 0 Å². The van der Waals surface area contributed by atoms with Crippen molar-refractivity contribution in [3.8, 4) is 22.4 Å². The highest BCUT2D eigenvalue weighted by atomic mass is 19.1. The van der Waals surface area contributed by atoms with Crippen molar-refractivity contribution >= 4 is 5.82 Å². The summed E-state index contributed by atoms with van der Waals surface area (Å²) in [5.41, 5.74) is 10.7. The topological polar surface area (TPSA) is 68.8 Å². The number of rotatable bonds is 2. The summed E-state index contributed by atoms with van der Waals surface area (Å²) in [6.45, 7) is 2.44. The number of aromatic nitrogens is 3. The number of nitrogens with two attached hydrogens (primary N) is 1. The van der Waals surface area contributed by atoms with E-state index in [0.717, 1.165) is 47.7 Å². The zero-order chi connectivity index (χ0) is 15.8. The van der Waals surface area contributed by atoms with Crippen molar-refractivity contribution in [3.63, 3.8) is 0 Å². The fourth-order valence-electron chi connectivity index (χ4n) is 2.97. The molecule has 3 N–H and O–H groups in total. The highest BCUT2D eigenvalue weighted by molar-refractivity contribution is 5.83. The minimum absolute atomic E-state index is 0.255. The normalized spacial score (nSPS) is 13.8. The van der Waals surface area contributed by atoms with Crippen LogP contribution in [0.25, 0.3) is 22.4 Å². The predicted molar refractivity (Wildman–Crippen MR) is 87.0 cm³/mol. The molecule has 3 heterocycles. The van der Waals surface area contributed by atoms with E-state index in [1.165, 1.54) is 12.1 Å². The van der Waals surface area contributed by atoms with E-state index in [0.29, 0.717) is 5.82 Å². The van der Waals surface area contributed by atoms with Gasteiger partial charge in [-0.15, -0.1) is 0 Å². The summed E-state index contributed by atoms with van der Waals surface area (Å²) < 4.78 is 15.3. The second-order valence-electron chi connectivity index (χ2n) is 5.55. The Bertz CT molecular complexity index is 854. The van der Waals surface area contributed by atoms with Crippen LogP contribution in [0.3, 0.4) is 0 Å². The molecule has 0 saturated carbocycles. The van der Waals surface area contributed by atoms with Gasteiger partial charge in [-0.25, -0.2) is 9.37 Å². The smallest absolute Gasteiger partial charge is 0.123 e. The third kappa shape index (κ3) is 2.47. The molecule has 0 fully saturated rings. The van der Waals surface area contributed by atoms with Crippen molar-refractivity contribution < 1.29 is 4.39 Å². The first kappa shape index (κ1) is 13.9. The molecule has 0 spiro atoms. The van der Waals surface area contributed by atoms with E-state index in [-0.39, 0.29) is 5.82 Å². The summed E-state index contributed by atoms with van der Waals surface area (Å²) >= 11 is 0. The van der Waals surface area contributed by atoms with Crippen LogP contribution in [0.4, 0.5) is 10.2 Å². The van der Waals surface area contributed by atoms with Crippen molar-refractivity contribution in [2.24, 2.45) is 0 Å². The SMILES string of the molecule is Nc1cc(-c2c(-c3ccc(F)cc3)nn3c2CNCC3)ccn1. The van der Waals surface area contributed by atoms with Crippen LogP contribution in [0.1, 0.15) is 5.69 Å². The largest absolute Gasteiger partial charge is 0.384 e. The van der Waals surface area contributed by atoms with Crippen LogP contribution in [0.5, 0.6) is 0 Å². The predicted octanol–water partition coefficient (Wildman–Crippen LogP) is 2.44. The summed E-state index contributed by atoms with van der Waals surface area (Å²) in [6.07, 6.45) is 1.69. The second kappa shape index (κ2) is 5.48. The average Bonchev–Trinajstić information content (AvgIpc) is 2.95. The van der Waals surface area contributed by atoms with Crippen molar-refractivity contribution in [1.82, 2.24) is 20.1 Å². The first-order valence-corrected chi connectivity index (χ1v) is 7.50. The zero-order valence-corrected chi connectivity index (χ0v) is 12.5. The third-order valence-electron chi connectivity index (χ3n) is 4.04. The van der Waals surface area contributed by atoms with Gasteiger partial charge < -0.3 is 11.1 Å². The molecule has 0 radical (unpaired) electrons. The zero-order valence-electron chi connectivity index (χ0n) is 12.5. The molecule has 0 saturated heterocycles. The lowest BCUT2D eigenvalue weighted by Gasteiger charge is -2.16. The highest BCUT2D eigenvalue weighted by Crippen LogP contribution is 2.35. The number of halogens is 1. The molecule has 5 nitrogen and oxygen atoms in total. The van der Waals surface area contributed by atoms with Crippen molar-refractivity contribution in [2.75, 3.05) is 12.3 Å². The monoisotopic (exact) mass is 309 g/mol. The number of nitrogens with zero attached hydrogens (tertiary/aromatic N) is 3. The van der Waals surface area contributed by atoms with E-state index in [9.17, 15) is 4.39 Å². The van der Waals surface area contributed by atoms with Crippen LogP contribution in [0.2, 0.25) is 0 Å². The van der Waals surface area contributed by atoms with Gasteiger partial charge in [-0.05, 0) is 42.0 Å². The van der Waals surface area contributed by atoms with E-state index in [1.54, 1.807) is 18.3 Å². The number of fused-ring (bicyclic) bond motifs is 1. The van der Waals surface area contributed by atoms with E-state index in [4.69, 9.17) is 10.8 Å². The standard InChI is InChI=1S/C17H16FN5/c18-13-3-1-11(2-4-13)17-16(12-5-6-21-15(19)9-12)14-10-20-7-8-23(14)22-17/h1-6,9,20H,7-8,10H2,(H2,19,21). The molecule has 4 rings (SSSR count). The number of benzene rings is 1. The van der Waals surface area contributed by atoms with Gasteiger partial charge in [0.2, 0.25) is 0 Å². The van der Waals surface area contributed by atoms with Gasteiger partial charge in [-0.3, -0.25) is 4.68 Å².